The van der Waals surface area contributed by atoms with Crippen molar-refractivity contribution in [2.24, 2.45) is 0 Å². The van der Waals surface area contributed by atoms with Gasteiger partial charge in [-0.15, -0.1) is 0 Å². The van der Waals surface area contributed by atoms with Crippen LogP contribution in [0.2, 0.25) is 0 Å². The first-order valence-corrected chi connectivity index (χ1v) is 4.84. The van der Waals surface area contributed by atoms with E-state index < -0.39 is 0 Å². The van der Waals surface area contributed by atoms with Gasteiger partial charge in [0.25, 0.3) is 0 Å². The van der Waals surface area contributed by atoms with Crippen LogP contribution in [-0.2, 0) is 4.79 Å². The summed E-state index contributed by atoms with van der Waals surface area (Å²) in [5.74, 6) is 0. The maximum atomic E-state index is 9.40. The average Bonchev–Trinajstić information content (AvgIpc) is 2.07. The summed E-state index contributed by atoms with van der Waals surface area (Å²) in [4.78, 5) is 11.7. The zero-order valence-corrected chi connectivity index (χ0v) is 8.97. The van der Waals surface area contributed by atoms with Gasteiger partial charge >= 0.3 is 0 Å². The van der Waals surface area contributed by atoms with Gasteiger partial charge in [-0.2, -0.15) is 0 Å². The molecule has 0 unspecified atom stereocenters. The number of rotatable bonds is 5. The minimum Gasteiger partial charge on any atom is -0.307 e. The zero-order chi connectivity index (χ0) is 9.82. The van der Waals surface area contributed by atoms with Gasteiger partial charge in [0.15, 0.2) is 0 Å². The molecule has 0 aliphatic rings. The van der Waals surface area contributed by atoms with Gasteiger partial charge in [-0.1, -0.05) is 20.8 Å². The summed E-state index contributed by atoms with van der Waals surface area (Å²) >= 11 is 0. The summed E-state index contributed by atoms with van der Waals surface area (Å²) in [6.07, 6.45) is 3.88. The molecular formula is C10H23NO. The number of carbonyl (C=O) groups is 1. The van der Waals surface area contributed by atoms with Crippen molar-refractivity contribution in [3.63, 3.8) is 0 Å². The molecule has 2 heteroatoms. The van der Waals surface area contributed by atoms with E-state index in [0.29, 0.717) is 6.42 Å². The predicted octanol–water partition coefficient (Wildman–Crippen LogP) is 2.33. The smallest absolute Gasteiger partial charge is 0.119 e. The van der Waals surface area contributed by atoms with Crippen molar-refractivity contribution in [2.45, 2.75) is 40.0 Å². The van der Waals surface area contributed by atoms with Gasteiger partial charge in [0.1, 0.15) is 6.29 Å². The van der Waals surface area contributed by atoms with Gasteiger partial charge in [-0.25, -0.2) is 0 Å². The maximum absolute atomic E-state index is 9.40. The van der Waals surface area contributed by atoms with Gasteiger partial charge in [0, 0.05) is 6.42 Å². The van der Waals surface area contributed by atoms with Crippen LogP contribution in [0.15, 0.2) is 0 Å². The summed E-state index contributed by atoms with van der Waals surface area (Å²) in [6, 6.07) is 0. The Bertz CT molecular complexity index is 83.9. The molecule has 0 saturated carbocycles. The lowest BCUT2D eigenvalue weighted by molar-refractivity contribution is -0.107. The van der Waals surface area contributed by atoms with E-state index in [1.165, 1.54) is 19.5 Å². The SMILES string of the molecule is CCCC=O.CCCN(C)CC. The van der Waals surface area contributed by atoms with Crippen LogP contribution in [0.5, 0.6) is 0 Å². The molecule has 0 saturated heterocycles. The first-order chi connectivity index (χ1) is 5.72. The largest absolute Gasteiger partial charge is 0.307 e. The Morgan fingerprint density at radius 2 is 1.75 bits per heavy atom. The van der Waals surface area contributed by atoms with E-state index in [-0.39, 0.29) is 0 Å². The van der Waals surface area contributed by atoms with Gasteiger partial charge in [-0.05, 0) is 33.0 Å². The van der Waals surface area contributed by atoms with E-state index in [1.807, 2.05) is 6.92 Å². The van der Waals surface area contributed by atoms with Crippen molar-refractivity contribution in [2.75, 3.05) is 20.1 Å². The Morgan fingerprint density at radius 3 is 1.83 bits per heavy atom. The highest BCUT2D eigenvalue weighted by Gasteiger charge is 1.86. The quantitative estimate of drug-likeness (QED) is 0.595. The summed E-state index contributed by atoms with van der Waals surface area (Å²) in [5, 5.41) is 0. The molecular weight excluding hydrogens is 150 g/mol. The number of hydrogen-bond donors (Lipinski definition) is 0. The summed E-state index contributed by atoms with van der Waals surface area (Å²) < 4.78 is 0. The normalized spacial score (nSPS) is 9.08. The first kappa shape index (κ1) is 14.2. The highest BCUT2D eigenvalue weighted by atomic mass is 16.1. The number of carbonyl (C=O) groups excluding carboxylic acids is 1. The molecule has 0 radical (unpaired) electrons. The molecule has 0 aliphatic heterocycles. The van der Waals surface area contributed by atoms with Gasteiger partial charge < -0.3 is 9.69 Å². The number of hydrogen-bond acceptors (Lipinski definition) is 2. The molecule has 0 spiro atoms. The van der Waals surface area contributed by atoms with E-state index in [2.05, 4.69) is 25.8 Å². The Kier molecular flexibility index (Phi) is 15.6. The lowest BCUT2D eigenvalue weighted by Gasteiger charge is -2.10. The molecule has 0 amide bonds. The van der Waals surface area contributed by atoms with E-state index in [0.717, 1.165) is 12.7 Å². The number of unbranched alkanes of at least 4 members (excludes halogenated alkanes) is 1. The highest BCUT2D eigenvalue weighted by molar-refractivity contribution is 5.48. The van der Waals surface area contributed by atoms with Crippen LogP contribution < -0.4 is 0 Å². The summed E-state index contributed by atoms with van der Waals surface area (Å²) in [5.41, 5.74) is 0. The van der Waals surface area contributed by atoms with E-state index in [1.54, 1.807) is 0 Å². The fourth-order valence-electron chi connectivity index (χ4n) is 0.658. The predicted molar refractivity (Wildman–Crippen MR) is 54.4 cm³/mol. The third-order valence-electron chi connectivity index (χ3n) is 1.55. The Morgan fingerprint density at radius 1 is 1.17 bits per heavy atom. The molecule has 0 aromatic heterocycles. The van der Waals surface area contributed by atoms with E-state index in [9.17, 15) is 4.79 Å². The molecule has 0 atom stereocenters. The minimum atomic E-state index is 0.708. The van der Waals surface area contributed by atoms with Gasteiger partial charge in [0.2, 0.25) is 0 Å². The van der Waals surface area contributed by atoms with Crippen molar-refractivity contribution < 1.29 is 4.79 Å². The molecule has 0 N–H and O–H groups in total. The van der Waals surface area contributed by atoms with E-state index in [4.69, 9.17) is 0 Å². The molecule has 12 heavy (non-hydrogen) atoms. The molecule has 0 aliphatic carbocycles. The van der Waals surface area contributed by atoms with Crippen LogP contribution in [-0.4, -0.2) is 31.3 Å². The molecule has 0 heterocycles. The van der Waals surface area contributed by atoms with E-state index >= 15 is 0 Å². The second-order valence-corrected chi connectivity index (χ2v) is 2.85. The monoisotopic (exact) mass is 173 g/mol. The van der Waals surface area contributed by atoms with Crippen LogP contribution in [0.4, 0.5) is 0 Å². The van der Waals surface area contributed by atoms with Gasteiger partial charge in [0.05, 0.1) is 0 Å². The molecule has 0 rings (SSSR count). The van der Waals surface area contributed by atoms with Crippen LogP contribution in [0.25, 0.3) is 0 Å². The zero-order valence-electron chi connectivity index (χ0n) is 8.97. The van der Waals surface area contributed by atoms with Crippen molar-refractivity contribution in [1.82, 2.24) is 4.90 Å². The molecule has 0 aromatic carbocycles. The maximum Gasteiger partial charge on any atom is 0.119 e. The van der Waals surface area contributed by atoms with Gasteiger partial charge in [-0.3, -0.25) is 0 Å². The topological polar surface area (TPSA) is 20.3 Å². The van der Waals surface area contributed by atoms with Crippen LogP contribution >= 0.6 is 0 Å². The second-order valence-electron chi connectivity index (χ2n) is 2.85. The minimum absolute atomic E-state index is 0.708. The first-order valence-electron chi connectivity index (χ1n) is 4.84. The van der Waals surface area contributed by atoms with Crippen molar-refractivity contribution in [3.8, 4) is 0 Å². The Hall–Kier alpha value is -0.370. The van der Waals surface area contributed by atoms with Crippen molar-refractivity contribution >= 4 is 6.29 Å². The summed E-state index contributed by atoms with van der Waals surface area (Å²) in [7, 11) is 2.14. The highest BCUT2D eigenvalue weighted by Crippen LogP contribution is 1.82. The second kappa shape index (κ2) is 13.2. The molecule has 0 fully saturated rings. The Labute approximate surface area is 77.0 Å². The molecule has 0 bridgehead atoms. The average molecular weight is 173 g/mol. The summed E-state index contributed by atoms with van der Waals surface area (Å²) in [6.45, 7) is 8.76. The molecule has 2 nitrogen and oxygen atoms in total. The lowest BCUT2D eigenvalue weighted by Crippen LogP contribution is -2.17. The number of nitrogens with zero attached hydrogens (tertiary/aromatic N) is 1. The lowest BCUT2D eigenvalue weighted by atomic mass is 10.4. The molecule has 74 valence electrons. The van der Waals surface area contributed by atoms with Crippen molar-refractivity contribution in [1.29, 1.82) is 0 Å². The third-order valence-corrected chi connectivity index (χ3v) is 1.55. The Balaban J connectivity index is 0. The fraction of sp³-hybridized carbons (Fsp3) is 0.900. The standard InChI is InChI=1S/C6H15N.C4H8O/c1-4-6-7(3)5-2;1-2-3-4-5/h4-6H2,1-3H3;4H,2-3H2,1H3. The molecule has 0 aromatic rings. The van der Waals surface area contributed by atoms with Crippen LogP contribution in [0, 0.1) is 0 Å². The van der Waals surface area contributed by atoms with Crippen LogP contribution in [0.1, 0.15) is 40.0 Å². The third kappa shape index (κ3) is 16.3. The van der Waals surface area contributed by atoms with Crippen LogP contribution in [0.3, 0.4) is 0 Å². The fourth-order valence-corrected chi connectivity index (χ4v) is 0.658. The van der Waals surface area contributed by atoms with Crippen molar-refractivity contribution in [3.05, 3.63) is 0 Å². The number of aldehydes is 1.